The number of ether oxygens (including phenoxy) is 1. The Morgan fingerprint density at radius 1 is 1.20 bits per heavy atom. The minimum atomic E-state index is -0.577. The maximum Gasteiger partial charge on any atom is 0.344 e. The molecule has 104 valence electrons. The van der Waals surface area contributed by atoms with Gasteiger partial charge in [-0.15, -0.1) is 0 Å². The first kappa shape index (κ1) is 14.1. The third kappa shape index (κ3) is 2.79. The Hall–Kier alpha value is -2.36. The molecule has 0 aliphatic rings. The van der Waals surface area contributed by atoms with Gasteiger partial charge in [-0.2, -0.15) is 0 Å². The molecule has 0 unspecified atom stereocenters. The smallest absolute Gasteiger partial charge is 0.344 e. The zero-order valence-corrected chi connectivity index (χ0v) is 11.8. The van der Waals surface area contributed by atoms with Crippen LogP contribution in [0.3, 0.4) is 0 Å². The molecule has 0 bridgehead atoms. The zero-order valence-electron chi connectivity index (χ0n) is 11.8. The lowest BCUT2D eigenvalue weighted by Crippen LogP contribution is -2.23. The SMILES string of the molecule is Cc1cc(=O)c(C(=O)OCc2ccccc2)c(C)n1C. The highest BCUT2D eigenvalue weighted by atomic mass is 16.5. The van der Waals surface area contributed by atoms with Crippen molar-refractivity contribution in [2.75, 3.05) is 0 Å². The van der Waals surface area contributed by atoms with Gasteiger partial charge >= 0.3 is 5.97 Å². The highest BCUT2D eigenvalue weighted by Gasteiger charge is 2.17. The lowest BCUT2D eigenvalue weighted by atomic mass is 10.1. The molecule has 0 aliphatic heterocycles. The molecule has 20 heavy (non-hydrogen) atoms. The van der Waals surface area contributed by atoms with Gasteiger partial charge in [-0.1, -0.05) is 30.3 Å². The third-order valence-electron chi connectivity index (χ3n) is 3.40. The van der Waals surface area contributed by atoms with Crippen molar-refractivity contribution >= 4 is 5.97 Å². The summed E-state index contributed by atoms with van der Waals surface area (Å²) in [5.74, 6) is -0.577. The molecule has 0 aliphatic carbocycles. The molecule has 4 nitrogen and oxygen atoms in total. The molecule has 1 aromatic heterocycles. The van der Waals surface area contributed by atoms with E-state index in [4.69, 9.17) is 4.74 Å². The fourth-order valence-corrected chi connectivity index (χ4v) is 2.01. The first-order chi connectivity index (χ1) is 9.50. The average Bonchev–Trinajstić information content (AvgIpc) is 2.44. The van der Waals surface area contributed by atoms with Crippen molar-refractivity contribution in [3.8, 4) is 0 Å². The van der Waals surface area contributed by atoms with Crippen LogP contribution < -0.4 is 5.43 Å². The minimum absolute atomic E-state index is 0.106. The van der Waals surface area contributed by atoms with Gasteiger partial charge in [0.25, 0.3) is 0 Å². The fourth-order valence-electron chi connectivity index (χ4n) is 2.01. The predicted octanol–water partition coefficient (Wildman–Crippen LogP) is 2.36. The number of rotatable bonds is 3. The number of hydrogen-bond acceptors (Lipinski definition) is 3. The lowest BCUT2D eigenvalue weighted by molar-refractivity contribution is 0.0469. The van der Waals surface area contributed by atoms with Gasteiger partial charge in [-0.25, -0.2) is 4.79 Å². The highest BCUT2D eigenvalue weighted by molar-refractivity contribution is 5.90. The Morgan fingerprint density at radius 2 is 1.85 bits per heavy atom. The van der Waals surface area contributed by atoms with Crippen LogP contribution in [-0.2, 0) is 18.4 Å². The molecule has 0 N–H and O–H groups in total. The Morgan fingerprint density at radius 3 is 2.50 bits per heavy atom. The molecule has 2 aromatic rings. The number of benzene rings is 1. The summed E-state index contributed by atoms with van der Waals surface area (Å²) in [5.41, 5.74) is 2.13. The number of carbonyl (C=O) groups is 1. The summed E-state index contributed by atoms with van der Waals surface area (Å²) >= 11 is 0. The number of hydrogen-bond donors (Lipinski definition) is 0. The first-order valence-electron chi connectivity index (χ1n) is 6.39. The maximum absolute atomic E-state index is 12.1. The van der Waals surface area contributed by atoms with Crippen LogP contribution in [0.1, 0.15) is 27.3 Å². The van der Waals surface area contributed by atoms with E-state index in [9.17, 15) is 9.59 Å². The quantitative estimate of drug-likeness (QED) is 0.805. The van der Waals surface area contributed by atoms with Crippen LogP contribution in [-0.4, -0.2) is 10.5 Å². The van der Waals surface area contributed by atoms with Crippen LogP contribution >= 0.6 is 0 Å². The van der Waals surface area contributed by atoms with Gasteiger partial charge in [0, 0.05) is 24.5 Å². The number of carbonyl (C=O) groups excluding carboxylic acids is 1. The van der Waals surface area contributed by atoms with Crippen LogP contribution in [0.5, 0.6) is 0 Å². The fraction of sp³-hybridized carbons (Fsp3) is 0.250. The van der Waals surface area contributed by atoms with E-state index in [0.29, 0.717) is 5.69 Å². The Labute approximate surface area is 117 Å². The van der Waals surface area contributed by atoms with E-state index in [2.05, 4.69) is 0 Å². The molecule has 0 fully saturated rings. The van der Waals surface area contributed by atoms with Crippen LogP contribution in [0, 0.1) is 13.8 Å². The summed E-state index contributed by atoms with van der Waals surface area (Å²) in [7, 11) is 1.82. The standard InChI is InChI=1S/C16H17NO3/c1-11-9-14(18)15(12(2)17(11)3)16(19)20-10-13-7-5-4-6-8-13/h4-9H,10H2,1-3H3. The first-order valence-corrected chi connectivity index (χ1v) is 6.39. The molecule has 0 radical (unpaired) electrons. The third-order valence-corrected chi connectivity index (χ3v) is 3.40. The lowest BCUT2D eigenvalue weighted by Gasteiger charge is -2.12. The zero-order chi connectivity index (χ0) is 14.7. The number of aromatic nitrogens is 1. The van der Waals surface area contributed by atoms with Gasteiger partial charge in [0.05, 0.1) is 0 Å². The van der Waals surface area contributed by atoms with Crippen molar-refractivity contribution in [1.82, 2.24) is 4.57 Å². The van der Waals surface area contributed by atoms with E-state index in [1.54, 1.807) is 11.5 Å². The van der Waals surface area contributed by atoms with Crippen LogP contribution in [0.2, 0.25) is 0 Å². The maximum atomic E-state index is 12.1. The molecular weight excluding hydrogens is 254 g/mol. The Kier molecular flexibility index (Phi) is 4.03. The molecule has 0 saturated carbocycles. The van der Waals surface area contributed by atoms with E-state index >= 15 is 0 Å². The highest BCUT2D eigenvalue weighted by Crippen LogP contribution is 2.09. The van der Waals surface area contributed by atoms with E-state index in [1.807, 2.05) is 44.3 Å². The molecule has 0 saturated heterocycles. The summed E-state index contributed by atoms with van der Waals surface area (Å²) < 4.78 is 7.02. The van der Waals surface area contributed by atoms with Crippen LogP contribution in [0.25, 0.3) is 0 Å². The van der Waals surface area contributed by atoms with Crippen LogP contribution in [0.15, 0.2) is 41.2 Å². The van der Waals surface area contributed by atoms with Crippen molar-refractivity contribution in [2.24, 2.45) is 7.05 Å². The van der Waals surface area contributed by atoms with Gasteiger partial charge in [-0.3, -0.25) is 4.79 Å². The Balaban J connectivity index is 2.22. The van der Waals surface area contributed by atoms with Crippen molar-refractivity contribution in [2.45, 2.75) is 20.5 Å². The van der Waals surface area contributed by atoms with E-state index in [0.717, 1.165) is 11.3 Å². The van der Waals surface area contributed by atoms with Crippen molar-refractivity contribution in [3.63, 3.8) is 0 Å². The predicted molar refractivity (Wildman–Crippen MR) is 76.7 cm³/mol. The van der Waals surface area contributed by atoms with Gasteiger partial charge in [0.2, 0.25) is 0 Å². The average molecular weight is 271 g/mol. The monoisotopic (exact) mass is 271 g/mol. The van der Waals surface area contributed by atoms with E-state index in [-0.39, 0.29) is 17.6 Å². The molecule has 4 heteroatoms. The second-order valence-corrected chi connectivity index (χ2v) is 4.73. The van der Waals surface area contributed by atoms with Gasteiger partial charge in [0.15, 0.2) is 5.43 Å². The minimum Gasteiger partial charge on any atom is -0.457 e. The number of aryl methyl sites for hydroxylation is 1. The van der Waals surface area contributed by atoms with Crippen molar-refractivity contribution in [3.05, 3.63) is 69.1 Å². The topological polar surface area (TPSA) is 48.3 Å². The Bertz CT molecular complexity index is 687. The summed E-state index contributed by atoms with van der Waals surface area (Å²) in [6.45, 7) is 3.73. The van der Waals surface area contributed by atoms with Gasteiger partial charge in [0.1, 0.15) is 12.2 Å². The summed E-state index contributed by atoms with van der Waals surface area (Å²) in [6.07, 6.45) is 0. The molecule has 0 spiro atoms. The normalized spacial score (nSPS) is 10.3. The molecule has 1 heterocycles. The van der Waals surface area contributed by atoms with Crippen molar-refractivity contribution < 1.29 is 9.53 Å². The molecule has 0 amide bonds. The number of pyridine rings is 1. The van der Waals surface area contributed by atoms with E-state index in [1.165, 1.54) is 6.07 Å². The van der Waals surface area contributed by atoms with Gasteiger partial charge in [-0.05, 0) is 19.4 Å². The largest absolute Gasteiger partial charge is 0.457 e. The summed E-state index contributed by atoms with van der Waals surface area (Å²) in [6, 6.07) is 10.8. The van der Waals surface area contributed by atoms with E-state index < -0.39 is 5.97 Å². The van der Waals surface area contributed by atoms with Crippen molar-refractivity contribution in [1.29, 1.82) is 0 Å². The van der Waals surface area contributed by atoms with Crippen LogP contribution in [0.4, 0.5) is 0 Å². The molecule has 0 atom stereocenters. The number of nitrogens with zero attached hydrogens (tertiary/aromatic N) is 1. The second-order valence-electron chi connectivity index (χ2n) is 4.73. The van der Waals surface area contributed by atoms with Gasteiger partial charge < -0.3 is 9.30 Å². The molecular formula is C16H17NO3. The molecule has 1 aromatic carbocycles. The molecule has 2 rings (SSSR count). The number of esters is 1. The summed E-state index contributed by atoms with van der Waals surface area (Å²) in [4.78, 5) is 24.0. The summed E-state index contributed by atoms with van der Waals surface area (Å²) in [5, 5.41) is 0. The second kappa shape index (κ2) is 5.74.